The summed E-state index contributed by atoms with van der Waals surface area (Å²) in [6.07, 6.45) is 4.02. The maximum absolute atomic E-state index is 6.16. The number of aryl methyl sites for hydroxylation is 1. The summed E-state index contributed by atoms with van der Waals surface area (Å²) in [5.74, 6) is 0.691. The smallest absolute Gasteiger partial charge is 0.176 e. The summed E-state index contributed by atoms with van der Waals surface area (Å²) in [5, 5.41) is 16.0. The first-order valence-corrected chi connectivity index (χ1v) is 6.14. The molecule has 0 radical (unpaired) electrons. The van der Waals surface area contributed by atoms with Crippen molar-refractivity contribution in [2.75, 3.05) is 6.54 Å². The standard InChI is InChI=1S/C11H15ClN6/c1-3-14-10(6-11-15-17-18(2)16-11)8-4-5-13-7-9(8)12/h4-5,7,10,14H,3,6H2,1-2H3. The lowest BCUT2D eigenvalue weighted by atomic mass is 10.0. The molecule has 1 atom stereocenters. The van der Waals surface area contributed by atoms with Crippen LogP contribution in [0.25, 0.3) is 0 Å². The Hall–Kier alpha value is -1.53. The fourth-order valence-electron chi connectivity index (χ4n) is 1.79. The van der Waals surface area contributed by atoms with E-state index < -0.39 is 0 Å². The number of nitrogens with zero attached hydrogens (tertiary/aromatic N) is 5. The molecule has 7 heteroatoms. The van der Waals surface area contributed by atoms with Crippen LogP contribution in [0.2, 0.25) is 5.02 Å². The van der Waals surface area contributed by atoms with Crippen molar-refractivity contribution in [3.05, 3.63) is 34.9 Å². The molecular weight excluding hydrogens is 252 g/mol. The van der Waals surface area contributed by atoms with E-state index in [1.165, 1.54) is 4.80 Å². The maximum atomic E-state index is 6.16. The summed E-state index contributed by atoms with van der Waals surface area (Å²) in [6.45, 7) is 2.88. The minimum Gasteiger partial charge on any atom is -0.310 e. The lowest BCUT2D eigenvalue weighted by Gasteiger charge is -2.17. The van der Waals surface area contributed by atoms with Crippen molar-refractivity contribution >= 4 is 11.6 Å². The number of hydrogen-bond acceptors (Lipinski definition) is 5. The van der Waals surface area contributed by atoms with Crippen molar-refractivity contribution in [3.8, 4) is 0 Å². The van der Waals surface area contributed by atoms with Gasteiger partial charge in [0.1, 0.15) is 0 Å². The van der Waals surface area contributed by atoms with Crippen molar-refractivity contribution in [2.45, 2.75) is 19.4 Å². The third kappa shape index (κ3) is 3.02. The second-order valence-corrected chi connectivity index (χ2v) is 4.31. The molecule has 2 aromatic heterocycles. The topological polar surface area (TPSA) is 68.5 Å². The molecule has 0 saturated heterocycles. The van der Waals surface area contributed by atoms with Crippen LogP contribution in [0.4, 0.5) is 0 Å². The van der Waals surface area contributed by atoms with E-state index in [4.69, 9.17) is 11.6 Å². The van der Waals surface area contributed by atoms with Crippen LogP contribution < -0.4 is 5.32 Å². The Balaban J connectivity index is 2.20. The second-order valence-electron chi connectivity index (χ2n) is 3.91. The van der Waals surface area contributed by atoms with Gasteiger partial charge in [-0.1, -0.05) is 18.5 Å². The highest BCUT2D eigenvalue weighted by atomic mass is 35.5. The van der Waals surface area contributed by atoms with Crippen LogP contribution in [0.15, 0.2) is 18.5 Å². The molecule has 0 aromatic carbocycles. The number of tetrazole rings is 1. The summed E-state index contributed by atoms with van der Waals surface area (Å²) in [6, 6.07) is 1.97. The van der Waals surface area contributed by atoms with Gasteiger partial charge < -0.3 is 5.32 Å². The van der Waals surface area contributed by atoms with Gasteiger partial charge in [-0.05, 0) is 23.4 Å². The minimum atomic E-state index is 0.0645. The molecule has 6 nitrogen and oxygen atoms in total. The molecule has 0 amide bonds. The number of likely N-dealkylation sites (N-methyl/N-ethyl adjacent to an activating group) is 1. The van der Waals surface area contributed by atoms with Gasteiger partial charge in [0.05, 0.1) is 12.1 Å². The Bertz CT molecular complexity index is 512. The summed E-state index contributed by atoms with van der Waals surface area (Å²) >= 11 is 6.16. The molecule has 1 N–H and O–H groups in total. The van der Waals surface area contributed by atoms with Crippen molar-refractivity contribution < 1.29 is 0 Å². The first kappa shape index (κ1) is 12.9. The summed E-state index contributed by atoms with van der Waals surface area (Å²) in [4.78, 5) is 5.44. The Morgan fingerprint density at radius 1 is 1.50 bits per heavy atom. The van der Waals surface area contributed by atoms with Gasteiger partial charge in [-0.3, -0.25) is 4.98 Å². The number of hydrogen-bond donors (Lipinski definition) is 1. The van der Waals surface area contributed by atoms with Crippen LogP contribution in [-0.4, -0.2) is 31.7 Å². The van der Waals surface area contributed by atoms with Gasteiger partial charge in [0.15, 0.2) is 5.82 Å². The number of aromatic nitrogens is 5. The summed E-state index contributed by atoms with van der Waals surface area (Å²) in [7, 11) is 1.75. The SMILES string of the molecule is CCNC(Cc1nnn(C)n1)c1ccncc1Cl. The minimum absolute atomic E-state index is 0.0645. The van der Waals surface area contributed by atoms with Gasteiger partial charge in [-0.25, -0.2) is 0 Å². The molecule has 96 valence electrons. The van der Waals surface area contributed by atoms with Crippen LogP contribution >= 0.6 is 11.6 Å². The molecule has 2 aromatic rings. The molecule has 1 unspecified atom stereocenters. The molecular formula is C11H15ClN6. The van der Waals surface area contributed by atoms with Crippen LogP contribution in [0.5, 0.6) is 0 Å². The zero-order valence-electron chi connectivity index (χ0n) is 10.3. The Morgan fingerprint density at radius 2 is 2.33 bits per heavy atom. The average Bonchev–Trinajstić information content (AvgIpc) is 2.75. The lowest BCUT2D eigenvalue weighted by molar-refractivity contribution is 0.534. The second kappa shape index (κ2) is 5.88. The number of pyridine rings is 1. The largest absolute Gasteiger partial charge is 0.310 e. The van der Waals surface area contributed by atoms with E-state index in [1.807, 2.05) is 13.0 Å². The highest BCUT2D eigenvalue weighted by molar-refractivity contribution is 6.31. The fraction of sp³-hybridized carbons (Fsp3) is 0.455. The summed E-state index contributed by atoms with van der Waals surface area (Å²) < 4.78 is 0. The third-order valence-electron chi connectivity index (χ3n) is 2.57. The first-order valence-electron chi connectivity index (χ1n) is 5.76. The van der Waals surface area contributed by atoms with E-state index in [1.54, 1.807) is 19.4 Å². The molecule has 2 rings (SSSR count). The van der Waals surface area contributed by atoms with E-state index in [2.05, 4.69) is 25.7 Å². The van der Waals surface area contributed by atoms with Gasteiger partial charge in [-0.15, -0.1) is 10.2 Å². The summed E-state index contributed by atoms with van der Waals surface area (Å²) in [5.41, 5.74) is 1.00. The average molecular weight is 267 g/mol. The van der Waals surface area contributed by atoms with Crippen molar-refractivity contribution in [2.24, 2.45) is 7.05 Å². The van der Waals surface area contributed by atoms with Gasteiger partial charge in [0, 0.05) is 24.9 Å². The Labute approximate surface area is 110 Å². The zero-order valence-corrected chi connectivity index (χ0v) is 11.1. The predicted octanol–water partition coefficient (Wildman–Crippen LogP) is 1.15. The molecule has 0 saturated carbocycles. The van der Waals surface area contributed by atoms with E-state index in [-0.39, 0.29) is 6.04 Å². The third-order valence-corrected chi connectivity index (χ3v) is 2.88. The maximum Gasteiger partial charge on any atom is 0.176 e. The highest BCUT2D eigenvalue weighted by Crippen LogP contribution is 2.23. The van der Waals surface area contributed by atoms with Gasteiger partial charge in [-0.2, -0.15) is 4.80 Å². The molecule has 0 aliphatic carbocycles. The normalized spacial score (nSPS) is 12.6. The molecule has 0 spiro atoms. The monoisotopic (exact) mass is 266 g/mol. The zero-order chi connectivity index (χ0) is 13.0. The van der Waals surface area contributed by atoms with Gasteiger partial charge in [0.2, 0.25) is 0 Å². The molecule has 18 heavy (non-hydrogen) atoms. The quantitative estimate of drug-likeness (QED) is 0.879. The lowest BCUT2D eigenvalue weighted by Crippen LogP contribution is -2.23. The van der Waals surface area contributed by atoms with E-state index in [9.17, 15) is 0 Å². The van der Waals surface area contributed by atoms with Crippen LogP contribution in [0.3, 0.4) is 0 Å². The molecule has 0 fully saturated rings. The van der Waals surface area contributed by atoms with E-state index in [0.717, 1.165) is 12.1 Å². The predicted molar refractivity (Wildman–Crippen MR) is 68.2 cm³/mol. The van der Waals surface area contributed by atoms with Crippen molar-refractivity contribution in [1.82, 2.24) is 30.5 Å². The highest BCUT2D eigenvalue weighted by Gasteiger charge is 2.16. The molecule has 0 bridgehead atoms. The number of nitrogens with one attached hydrogen (secondary N) is 1. The van der Waals surface area contributed by atoms with Crippen LogP contribution in [0, 0.1) is 0 Å². The number of halogens is 1. The van der Waals surface area contributed by atoms with Crippen LogP contribution in [-0.2, 0) is 13.5 Å². The fourth-order valence-corrected chi connectivity index (χ4v) is 2.05. The molecule has 0 aliphatic rings. The van der Waals surface area contributed by atoms with Crippen molar-refractivity contribution in [3.63, 3.8) is 0 Å². The van der Waals surface area contributed by atoms with Crippen molar-refractivity contribution in [1.29, 1.82) is 0 Å². The van der Waals surface area contributed by atoms with Crippen LogP contribution in [0.1, 0.15) is 24.4 Å². The first-order chi connectivity index (χ1) is 8.70. The van der Waals surface area contributed by atoms with E-state index >= 15 is 0 Å². The van der Waals surface area contributed by atoms with Gasteiger partial charge >= 0.3 is 0 Å². The number of rotatable bonds is 5. The molecule has 0 aliphatic heterocycles. The van der Waals surface area contributed by atoms with Gasteiger partial charge in [0.25, 0.3) is 0 Å². The van der Waals surface area contributed by atoms with E-state index in [0.29, 0.717) is 17.3 Å². The Morgan fingerprint density at radius 3 is 2.94 bits per heavy atom. The molecule has 2 heterocycles. The Kier molecular flexibility index (Phi) is 4.22.